The van der Waals surface area contributed by atoms with Crippen molar-refractivity contribution >= 4 is 11.9 Å². The van der Waals surface area contributed by atoms with Crippen LogP contribution in [-0.4, -0.2) is 46.8 Å². The standard InChI is InChI=1S/C13H19N3O3/c1-8(2)10-6-9(3)14-13(15-10)16-4-5-19-7-11(16)12(17)18/h6,8,11H,4-5,7H2,1-3H3,(H,17,18). The smallest absolute Gasteiger partial charge is 0.328 e. The number of aromatic nitrogens is 2. The zero-order valence-corrected chi connectivity index (χ0v) is 11.5. The molecule has 2 heterocycles. The van der Waals surface area contributed by atoms with Crippen molar-refractivity contribution in [1.29, 1.82) is 0 Å². The molecule has 0 bridgehead atoms. The monoisotopic (exact) mass is 265 g/mol. The number of carbonyl (C=O) groups is 1. The largest absolute Gasteiger partial charge is 0.480 e. The van der Waals surface area contributed by atoms with Crippen molar-refractivity contribution in [2.75, 3.05) is 24.7 Å². The van der Waals surface area contributed by atoms with Gasteiger partial charge in [-0.25, -0.2) is 14.8 Å². The van der Waals surface area contributed by atoms with E-state index < -0.39 is 12.0 Å². The number of aliphatic carboxylic acids is 1. The van der Waals surface area contributed by atoms with Crippen molar-refractivity contribution in [3.8, 4) is 0 Å². The second-order valence-corrected chi connectivity index (χ2v) is 5.01. The van der Waals surface area contributed by atoms with Gasteiger partial charge in [0.25, 0.3) is 0 Å². The van der Waals surface area contributed by atoms with E-state index in [0.29, 0.717) is 19.1 Å². The van der Waals surface area contributed by atoms with Gasteiger partial charge in [0.15, 0.2) is 6.04 Å². The summed E-state index contributed by atoms with van der Waals surface area (Å²) in [6.07, 6.45) is 0. The molecule has 6 heteroatoms. The van der Waals surface area contributed by atoms with E-state index in [1.807, 2.05) is 13.0 Å². The SMILES string of the molecule is Cc1cc(C(C)C)nc(N2CCOCC2C(=O)O)n1. The van der Waals surface area contributed by atoms with Gasteiger partial charge in [-0.3, -0.25) is 0 Å². The average Bonchev–Trinajstić information content (AvgIpc) is 2.37. The van der Waals surface area contributed by atoms with Crippen LogP contribution in [0.25, 0.3) is 0 Å². The first-order valence-electron chi connectivity index (χ1n) is 6.42. The van der Waals surface area contributed by atoms with Crippen LogP contribution >= 0.6 is 0 Å². The highest BCUT2D eigenvalue weighted by molar-refractivity contribution is 5.77. The number of carboxylic acids is 1. The van der Waals surface area contributed by atoms with Crippen molar-refractivity contribution in [2.24, 2.45) is 0 Å². The molecular weight excluding hydrogens is 246 g/mol. The van der Waals surface area contributed by atoms with Gasteiger partial charge in [0.2, 0.25) is 5.95 Å². The van der Waals surface area contributed by atoms with Crippen LogP contribution < -0.4 is 4.90 Å². The van der Waals surface area contributed by atoms with E-state index >= 15 is 0 Å². The fourth-order valence-corrected chi connectivity index (χ4v) is 2.05. The normalized spacial score (nSPS) is 19.8. The third-order valence-corrected chi connectivity index (χ3v) is 3.12. The average molecular weight is 265 g/mol. The van der Waals surface area contributed by atoms with Crippen molar-refractivity contribution in [3.05, 3.63) is 17.5 Å². The molecule has 1 atom stereocenters. The molecule has 2 rings (SSSR count). The lowest BCUT2D eigenvalue weighted by molar-refractivity contribution is -0.141. The Morgan fingerprint density at radius 1 is 1.53 bits per heavy atom. The summed E-state index contributed by atoms with van der Waals surface area (Å²) in [4.78, 5) is 21.8. The number of morpholine rings is 1. The molecule has 0 aliphatic carbocycles. The molecule has 1 unspecified atom stereocenters. The highest BCUT2D eigenvalue weighted by Gasteiger charge is 2.31. The second kappa shape index (κ2) is 5.52. The van der Waals surface area contributed by atoms with Gasteiger partial charge in [-0.2, -0.15) is 0 Å². The van der Waals surface area contributed by atoms with E-state index in [4.69, 9.17) is 4.74 Å². The summed E-state index contributed by atoms with van der Waals surface area (Å²) in [6, 6.07) is 1.22. The third-order valence-electron chi connectivity index (χ3n) is 3.12. The Hall–Kier alpha value is -1.69. The first-order valence-corrected chi connectivity index (χ1v) is 6.42. The summed E-state index contributed by atoms with van der Waals surface area (Å²) in [5.41, 5.74) is 1.78. The molecule has 1 aromatic heterocycles. The molecule has 1 aliphatic rings. The molecule has 0 saturated carbocycles. The number of carboxylic acid groups (broad SMARTS) is 1. The Kier molecular flexibility index (Phi) is 3.99. The molecule has 1 fully saturated rings. The molecule has 6 nitrogen and oxygen atoms in total. The maximum atomic E-state index is 11.3. The van der Waals surface area contributed by atoms with Gasteiger partial charge in [0.05, 0.1) is 13.2 Å². The lowest BCUT2D eigenvalue weighted by Gasteiger charge is -2.33. The minimum atomic E-state index is -0.907. The van der Waals surface area contributed by atoms with E-state index in [2.05, 4.69) is 23.8 Å². The Labute approximate surface area is 112 Å². The summed E-state index contributed by atoms with van der Waals surface area (Å²) in [7, 11) is 0. The molecule has 0 spiro atoms. The van der Waals surface area contributed by atoms with Crippen molar-refractivity contribution in [2.45, 2.75) is 32.7 Å². The molecule has 0 amide bonds. The highest BCUT2D eigenvalue weighted by atomic mass is 16.5. The lowest BCUT2D eigenvalue weighted by Crippen LogP contribution is -2.51. The van der Waals surface area contributed by atoms with E-state index in [1.165, 1.54) is 0 Å². The van der Waals surface area contributed by atoms with Gasteiger partial charge in [-0.05, 0) is 18.9 Å². The molecule has 1 aromatic rings. The van der Waals surface area contributed by atoms with E-state index in [-0.39, 0.29) is 12.5 Å². The van der Waals surface area contributed by atoms with Crippen molar-refractivity contribution in [3.63, 3.8) is 0 Å². The first-order chi connectivity index (χ1) is 8.99. The van der Waals surface area contributed by atoms with E-state index in [0.717, 1.165) is 11.4 Å². The molecule has 1 saturated heterocycles. The Balaban J connectivity index is 2.35. The first kappa shape index (κ1) is 13.7. The zero-order valence-electron chi connectivity index (χ0n) is 11.5. The minimum Gasteiger partial charge on any atom is -0.480 e. The number of hydrogen-bond donors (Lipinski definition) is 1. The molecule has 0 radical (unpaired) electrons. The number of aryl methyl sites for hydroxylation is 1. The Bertz CT molecular complexity index is 476. The van der Waals surface area contributed by atoms with Gasteiger partial charge < -0.3 is 14.7 Å². The van der Waals surface area contributed by atoms with Gasteiger partial charge >= 0.3 is 5.97 Å². The zero-order chi connectivity index (χ0) is 14.0. The van der Waals surface area contributed by atoms with Crippen LogP contribution in [0.5, 0.6) is 0 Å². The maximum Gasteiger partial charge on any atom is 0.328 e. The molecule has 19 heavy (non-hydrogen) atoms. The van der Waals surface area contributed by atoms with Crippen LogP contribution in [0.4, 0.5) is 5.95 Å². The summed E-state index contributed by atoms with van der Waals surface area (Å²) in [5.74, 6) is -0.139. The Morgan fingerprint density at radius 3 is 2.89 bits per heavy atom. The molecular formula is C13H19N3O3. The predicted molar refractivity (Wildman–Crippen MR) is 70.4 cm³/mol. The summed E-state index contributed by atoms with van der Waals surface area (Å²) >= 11 is 0. The van der Waals surface area contributed by atoms with Crippen LogP contribution in [-0.2, 0) is 9.53 Å². The van der Waals surface area contributed by atoms with Gasteiger partial charge in [-0.1, -0.05) is 13.8 Å². The second-order valence-electron chi connectivity index (χ2n) is 5.01. The number of hydrogen-bond acceptors (Lipinski definition) is 5. The van der Waals surface area contributed by atoms with Crippen LogP contribution in [0.1, 0.15) is 31.2 Å². The summed E-state index contributed by atoms with van der Waals surface area (Å²) in [6.45, 7) is 7.17. The van der Waals surface area contributed by atoms with Crippen LogP contribution in [0.3, 0.4) is 0 Å². The van der Waals surface area contributed by atoms with Crippen LogP contribution in [0.2, 0.25) is 0 Å². The number of nitrogens with zero attached hydrogens (tertiary/aromatic N) is 3. The van der Waals surface area contributed by atoms with Crippen molar-refractivity contribution in [1.82, 2.24) is 9.97 Å². The summed E-state index contributed by atoms with van der Waals surface area (Å²) < 4.78 is 5.23. The topological polar surface area (TPSA) is 75.6 Å². The van der Waals surface area contributed by atoms with E-state index in [9.17, 15) is 9.90 Å². The highest BCUT2D eigenvalue weighted by Crippen LogP contribution is 2.20. The number of anilines is 1. The third kappa shape index (κ3) is 3.01. The number of rotatable bonds is 3. The molecule has 104 valence electrons. The van der Waals surface area contributed by atoms with Gasteiger partial charge in [-0.15, -0.1) is 0 Å². The van der Waals surface area contributed by atoms with E-state index in [1.54, 1.807) is 4.90 Å². The minimum absolute atomic E-state index is 0.170. The van der Waals surface area contributed by atoms with Gasteiger partial charge in [0, 0.05) is 17.9 Å². The molecule has 1 aliphatic heterocycles. The summed E-state index contributed by atoms with van der Waals surface area (Å²) in [5, 5.41) is 9.24. The lowest BCUT2D eigenvalue weighted by atomic mass is 10.1. The molecule has 1 N–H and O–H groups in total. The van der Waals surface area contributed by atoms with Gasteiger partial charge in [0.1, 0.15) is 0 Å². The Morgan fingerprint density at radius 2 is 2.26 bits per heavy atom. The van der Waals surface area contributed by atoms with Crippen LogP contribution in [0, 0.1) is 6.92 Å². The molecule has 0 aromatic carbocycles. The fraction of sp³-hybridized carbons (Fsp3) is 0.615. The maximum absolute atomic E-state index is 11.3. The van der Waals surface area contributed by atoms with Crippen LogP contribution in [0.15, 0.2) is 6.07 Å². The number of ether oxygens (including phenoxy) is 1. The quantitative estimate of drug-likeness (QED) is 0.885. The predicted octanol–water partition coefficient (Wildman–Crippen LogP) is 1.20. The fourth-order valence-electron chi connectivity index (χ4n) is 2.05. The van der Waals surface area contributed by atoms with Crippen molar-refractivity contribution < 1.29 is 14.6 Å².